The van der Waals surface area contributed by atoms with Crippen molar-refractivity contribution >= 4 is 21.7 Å². The summed E-state index contributed by atoms with van der Waals surface area (Å²) in [6.07, 6.45) is 4.08. The first-order valence-corrected chi connectivity index (χ1v) is 5.86. The van der Waals surface area contributed by atoms with Crippen molar-refractivity contribution in [3.8, 4) is 0 Å². The molecule has 0 amide bonds. The van der Waals surface area contributed by atoms with Crippen molar-refractivity contribution < 1.29 is 4.79 Å². The van der Waals surface area contributed by atoms with Gasteiger partial charge in [0.2, 0.25) is 0 Å². The minimum Gasteiger partial charge on any atom is -0.294 e. The molecule has 0 spiro atoms. The van der Waals surface area contributed by atoms with Gasteiger partial charge in [-0.05, 0) is 42.5 Å². The maximum atomic E-state index is 11.5. The Morgan fingerprint density at radius 3 is 2.93 bits per heavy atom. The van der Waals surface area contributed by atoms with Gasteiger partial charge < -0.3 is 0 Å². The van der Waals surface area contributed by atoms with Gasteiger partial charge in [0, 0.05) is 16.5 Å². The molecular weight excluding hydrogens is 240 g/mol. The molecule has 0 atom stereocenters. The lowest BCUT2D eigenvalue weighted by molar-refractivity contribution is 0.0988. The molecule has 0 saturated carbocycles. The molecule has 14 heavy (non-hydrogen) atoms. The molecule has 1 aliphatic rings. The lowest BCUT2D eigenvalue weighted by Crippen LogP contribution is -1.98. The fourth-order valence-corrected chi connectivity index (χ4v) is 2.72. The zero-order valence-corrected chi connectivity index (χ0v) is 9.86. The Balaban J connectivity index is 2.46. The van der Waals surface area contributed by atoms with Crippen LogP contribution in [0, 0.1) is 0 Å². The summed E-state index contributed by atoms with van der Waals surface area (Å²) in [7, 11) is 0. The number of carbonyl (C=O) groups excluding carboxylic acids is 1. The van der Waals surface area contributed by atoms with Gasteiger partial charge in [0.25, 0.3) is 0 Å². The molecule has 1 aromatic carbocycles. The average Bonchev–Trinajstić information content (AvgIpc) is 2.64. The summed E-state index contributed by atoms with van der Waals surface area (Å²) in [5.74, 6) is 0.236. The number of fused-ring (bicyclic) bond motifs is 1. The second kappa shape index (κ2) is 3.85. The van der Waals surface area contributed by atoms with Crippen LogP contribution in [0.5, 0.6) is 0 Å². The molecule has 2 rings (SSSR count). The van der Waals surface area contributed by atoms with Crippen LogP contribution in [0.1, 0.15) is 41.3 Å². The highest BCUT2D eigenvalue weighted by Gasteiger charge is 2.16. The largest absolute Gasteiger partial charge is 0.294 e. The highest BCUT2D eigenvalue weighted by Crippen LogP contribution is 2.30. The van der Waals surface area contributed by atoms with Crippen molar-refractivity contribution in [2.45, 2.75) is 32.6 Å². The Labute approximate surface area is 92.6 Å². The summed E-state index contributed by atoms with van der Waals surface area (Å²) < 4.78 is 1.12. The van der Waals surface area contributed by atoms with Gasteiger partial charge in [-0.3, -0.25) is 4.79 Å². The molecule has 0 N–H and O–H groups in total. The number of hydrogen-bond acceptors (Lipinski definition) is 1. The van der Waals surface area contributed by atoms with Crippen molar-refractivity contribution in [1.29, 1.82) is 0 Å². The lowest BCUT2D eigenvalue weighted by Gasteiger charge is -2.05. The van der Waals surface area contributed by atoms with Crippen LogP contribution in [0.3, 0.4) is 0 Å². The molecule has 2 heteroatoms. The number of aryl methyl sites for hydroxylation is 1. The van der Waals surface area contributed by atoms with Crippen molar-refractivity contribution in [3.05, 3.63) is 33.3 Å². The fourth-order valence-electron chi connectivity index (χ4n) is 2.02. The van der Waals surface area contributed by atoms with Crippen LogP contribution < -0.4 is 0 Å². The smallest absolute Gasteiger partial charge is 0.162 e. The van der Waals surface area contributed by atoms with E-state index in [0.717, 1.165) is 22.9 Å². The summed E-state index contributed by atoms with van der Waals surface area (Å²) in [5, 5.41) is 0. The number of halogens is 1. The van der Waals surface area contributed by atoms with Gasteiger partial charge in [0.15, 0.2) is 5.78 Å². The van der Waals surface area contributed by atoms with E-state index in [4.69, 9.17) is 0 Å². The number of ketones is 1. The monoisotopic (exact) mass is 252 g/mol. The first-order chi connectivity index (χ1) is 6.72. The van der Waals surface area contributed by atoms with E-state index in [-0.39, 0.29) is 5.78 Å². The molecule has 0 bridgehead atoms. The predicted octanol–water partition coefficient (Wildman–Crippen LogP) is 3.53. The minimum absolute atomic E-state index is 0.236. The molecule has 1 aromatic rings. The predicted molar refractivity (Wildman–Crippen MR) is 60.8 cm³/mol. The van der Waals surface area contributed by atoms with Crippen LogP contribution in [0.4, 0.5) is 0 Å². The van der Waals surface area contributed by atoms with Gasteiger partial charge >= 0.3 is 0 Å². The highest BCUT2D eigenvalue weighted by molar-refractivity contribution is 9.10. The normalized spacial score (nSPS) is 14.1. The lowest BCUT2D eigenvalue weighted by atomic mass is 10.0. The highest BCUT2D eigenvalue weighted by atomic mass is 79.9. The van der Waals surface area contributed by atoms with Gasteiger partial charge in [-0.2, -0.15) is 0 Å². The van der Waals surface area contributed by atoms with Crippen LogP contribution in [0.15, 0.2) is 16.6 Å². The van der Waals surface area contributed by atoms with E-state index in [1.54, 1.807) is 0 Å². The Morgan fingerprint density at radius 1 is 1.43 bits per heavy atom. The third-order valence-electron chi connectivity index (χ3n) is 2.80. The van der Waals surface area contributed by atoms with E-state index in [9.17, 15) is 4.79 Å². The van der Waals surface area contributed by atoms with Gasteiger partial charge in [0.1, 0.15) is 0 Å². The van der Waals surface area contributed by atoms with Crippen LogP contribution in [-0.4, -0.2) is 5.78 Å². The molecule has 0 aliphatic heterocycles. The van der Waals surface area contributed by atoms with E-state index in [1.165, 1.54) is 17.5 Å². The number of hydrogen-bond donors (Lipinski definition) is 0. The maximum absolute atomic E-state index is 11.5. The topological polar surface area (TPSA) is 17.1 Å². The molecule has 0 saturated heterocycles. The second-order valence-corrected chi connectivity index (χ2v) is 4.58. The van der Waals surface area contributed by atoms with Crippen molar-refractivity contribution in [2.75, 3.05) is 0 Å². The van der Waals surface area contributed by atoms with Crippen molar-refractivity contribution in [3.63, 3.8) is 0 Å². The Kier molecular flexibility index (Phi) is 2.73. The van der Waals surface area contributed by atoms with E-state index < -0.39 is 0 Å². The first-order valence-electron chi connectivity index (χ1n) is 5.07. The van der Waals surface area contributed by atoms with Crippen LogP contribution >= 0.6 is 15.9 Å². The Hall–Kier alpha value is -0.630. The maximum Gasteiger partial charge on any atom is 0.162 e. The molecule has 0 unspecified atom stereocenters. The third-order valence-corrected chi connectivity index (χ3v) is 3.51. The Morgan fingerprint density at radius 2 is 2.21 bits per heavy atom. The molecule has 0 heterocycles. The molecule has 74 valence electrons. The molecule has 0 radical (unpaired) electrons. The van der Waals surface area contributed by atoms with Crippen LogP contribution in [-0.2, 0) is 12.8 Å². The van der Waals surface area contributed by atoms with Crippen molar-refractivity contribution in [1.82, 2.24) is 0 Å². The minimum atomic E-state index is 0.236. The molecule has 1 aliphatic carbocycles. The van der Waals surface area contributed by atoms with Gasteiger partial charge in [-0.1, -0.05) is 22.9 Å². The van der Waals surface area contributed by atoms with Gasteiger partial charge in [-0.15, -0.1) is 0 Å². The van der Waals surface area contributed by atoms with Gasteiger partial charge in [0.05, 0.1) is 0 Å². The quantitative estimate of drug-likeness (QED) is 0.737. The molecule has 0 fully saturated rings. The summed E-state index contributed by atoms with van der Waals surface area (Å²) in [5.41, 5.74) is 3.62. The molecular formula is C12H13BrO. The summed E-state index contributed by atoms with van der Waals surface area (Å²) in [6.45, 7) is 1.91. The number of benzene rings is 1. The first kappa shape index (κ1) is 9.91. The van der Waals surface area contributed by atoms with E-state index >= 15 is 0 Å². The average molecular weight is 253 g/mol. The summed E-state index contributed by atoms with van der Waals surface area (Å²) >= 11 is 3.54. The van der Waals surface area contributed by atoms with Crippen LogP contribution in [0.2, 0.25) is 0 Å². The molecule has 0 aromatic heterocycles. The number of Topliss-reactive ketones (excluding diaryl/α,β-unsaturated/α-hetero) is 1. The summed E-state index contributed by atoms with van der Waals surface area (Å²) in [4.78, 5) is 11.5. The van der Waals surface area contributed by atoms with Gasteiger partial charge in [-0.25, -0.2) is 0 Å². The SMILES string of the molecule is CCC(=O)c1cc(Br)c2c(c1)CCC2. The van der Waals surface area contributed by atoms with Crippen LogP contribution in [0.25, 0.3) is 0 Å². The van der Waals surface area contributed by atoms with Crippen molar-refractivity contribution in [2.24, 2.45) is 0 Å². The second-order valence-electron chi connectivity index (χ2n) is 3.73. The zero-order valence-electron chi connectivity index (χ0n) is 8.27. The van der Waals surface area contributed by atoms with E-state index in [2.05, 4.69) is 22.0 Å². The standard InChI is InChI=1S/C12H13BrO/c1-2-12(14)9-6-8-4-3-5-10(8)11(13)7-9/h6-7H,2-5H2,1H3. The van der Waals surface area contributed by atoms with E-state index in [0.29, 0.717) is 6.42 Å². The Bertz CT molecular complexity index is 382. The fraction of sp³-hybridized carbons (Fsp3) is 0.417. The zero-order chi connectivity index (χ0) is 10.1. The number of carbonyl (C=O) groups is 1. The number of rotatable bonds is 2. The van der Waals surface area contributed by atoms with E-state index in [1.807, 2.05) is 13.0 Å². The summed E-state index contributed by atoms with van der Waals surface area (Å²) in [6, 6.07) is 4.04. The third kappa shape index (κ3) is 1.63. The molecule has 1 nitrogen and oxygen atoms in total.